The van der Waals surface area contributed by atoms with Gasteiger partial charge in [-0.3, -0.25) is 0 Å². The van der Waals surface area contributed by atoms with Crippen molar-refractivity contribution in [3.05, 3.63) is 47.4 Å². The molecule has 0 amide bonds. The normalized spacial score (nSPS) is 24.8. The van der Waals surface area contributed by atoms with E-state index in [1.54, 1.807) is 17.7 Å². The first-order chi connectivity index (χ1) is 16.4. The minimum absolute atomic E-state index is 0.0169. The number of aryl methyl sites for hydroxylation is 1. The summed E-state index contributed by atoms with van der Waals surface area (Å²) in [5, 5.41) is 12.5. The smallest absolute Gasteiger partial charge is 0.339 e. The Bertz CT molecular complexity index is 1200. The third-order valence-corrected chi connectivity index (χ3v) is 7.63. The SMILES string of the molecule is Cn1c(-c2ccccc2C(F)(F)F)nnc1C12CCC(c3noc(CCC(F)(F)F)n3)(CC1)CC2. The van der Waals surface area contributed by atoms with Crippen LogP contribution >= 0.6 is 0 Å². The predicted octanol–water partition coefficient (Wildman–Crippen LogP) is 5.92. The van der Waals surface area contributed by atoms with Crippen LogP contribution in [0.4, 0.5) is 26.3 Å². The van der Waals surface area contributed by atoms with Gasteiger partial charge >= 0.3 is 12.4 Å². The highest BCUT2D eigenvalue weighted by Crippen LogP contribution is 2.57. The van der Waals surface area contributed by atoms with Gasteiger partial charge in [-0.1, -0.05) is 23.4 Å². The Labute approximate surface area is 196 Å². The van der Waals surface area contributed by atoms with E-state index in [1.165, 1.54) is 12.1 Å². The van der Waals surface area contributed by atoms with E-state index in [4.69, 9.17) is 4.52 Å². The van der Waals surface area contributed by atoms with Crippen molar-refractivity contribution in [1.82, 2.24) is 24.9 Å². The molecule has 3 aromatic rings. The molecule has 0 saturated heterocycles. The summed E-state index contributed by atoms with van der Waals surface area (Å²) in [4.78, 5) is 4.28. The van der Waals surface area contributed by atoms with Gasteiger partial charge in [0.05, 0.1) is 12.0 Å². The molecule has 2 heterocycles. The first-order valence-corrected chi connectivity index (χ1v) is 11.4. The summed E-state index contributed by atoms with van der Waals surface area (Å²) in [5.41, 5.74) is -1.48. The van der Waals surface area contributed by atoms with Gasteiger partial charge in [-0.25, -0.2) is 0 Å². The van der Waals surface area contributed by atoms with Crippen LogP contribution < -0.4 is 0 Å². The van der Waals surface area contributed by atoms with Crippen molar-refractivity contribution in [2.24, 2.45) is 7.05 Å². The van der Waals surface area contributed by atoms with E-state index in [9.17, 15) is 26.3 Å². The van der Waals surface area contributed by atoms with Crippen LogP contribution in [0.3, 0.4) is 0 Å². The average Bonchev–Trinajstić information content (AvgIpc) is 3.45. The summed E-state index contributed by atoms with van der Waals surface area (Å²) >= 11 is 0. The molecule has 2 aromatic heterocycles. The number of hydrogen-bond acceptors (Lipinski definition) is 5. The van der Waals surface area contributed by atoms with Crippen molar-refractivity contribution in [1.29, 1.82) is 0 Å². The third kappa shape index (κ3) is 4.20. The van der Waals surface area contributed by atoms with E-state index < -0.39 is 24.3 Å². The maximum atomic E-state index is 13.6. The van der Waals surface area contributed by atoms with Crippen molar-refractivity contribution in [2.75, 3.05) is 0 Å². The highest BCUT2D eigenvalue weighted by Gasteiger charge is 2.54. The zero-order valence-corrected chi connectivity index (χ0v) is 18.9. The topological polar surface area (TPSA) is 69.6 Å². The summed E-state index contributed by atoms with van der Waals surface area (Å²) in [6, 6.07) is 5.32. The van der Waals surface area contributed by atoms with Crippen molar-refractivity contribution in [3.8, 4) is 11.4 Å². The average molecular weight is 499 g/mol. The molecule has 1 aromatic carbocycles. The molecule has 2 bridgehead atoms. The number of aromatic nitrogens is 5. The van der Waals surface area contributed by atoms with E-state index in [0.29, 0.717) is 50.2 Å². The van der Waals surface area contributed by atoms with Crippen molar-refractivity contribution >= 4 is 0 Å². The van der Waals surface area contributed by atoms with Crippen LogP contribution in [0.25, 0.3) is 11.4 Å². The Morgan fingerprint density at radius 1 is 0.914 bits per heavy atom. The zero-order valence-electron chi connectivity index (χ0n) is 18.9. The lowest BCUT2D eigenvalue weighted by Gasteiger charge is -2.51. The van der Waals surface area contributed by atoms with Crippen LogP contribution in [0.5, 0.6) is 0 Å². The number of halogens is 6. The standard InChI is InChI=1S/C23H23F6N5O/c1-34-17(14-4-2-3-5-15(14)23(27,28)29)31-32-19(34)21-11-8-20(9-12-21,10-13-21)18-30-16(35-33-18)6-7-22(24,25)26/h2-5H,6-13H2,1H3. The lowest BCUT2D eigenvalue weighted by molar-refractivity contribution is -0.137. The number of nitrogens with zero attached hydrogens (tertiary/aromatic N) is 5. The van der Waals surface area contributed by atoms with Gasteiger partial charge in [-0.2, -0.15) is 31.3 Å². The molecule has 6 nitrogen and oxygen atoms in total. The molecule has 3 aliphatic carbocycles. The monoisotopic (exact) mass is 499 g/mol. The molecule has 188 valence electrons. The molecular weight excluding hydrogens is 476 g/mol. The Morgan fingerprint density at radius 2 is 1.54 bits per heavy atom. The highest BCUT2D eigenvalue weighted by atomic mass is 19.4. The fraction of sp³-hybridized carbons (Fsp3) is 0.565. The molecular formula is C23H23F6N5O. The van der Waals surface area contributed by atoms with Crippen LogP contribution in [0.15, 0.2) is 28.8 Å². The molecule has 0 N–H and O–H groups in total. The lowest BCUT2D eigenvalue weighted by atomic mass is 9.53. The molecule has 0 aliphatic heterocycles. The van der Waals surface area contributed by atoms with Gasteiger partial charge in [0, 0.05) is 29.9 Å². The fourth-order valence-corrected chi connectivity index (χ4v) is 5.63. The van der Waals surface area contributed by atoms with E-state index in [2.05, 4.69) is 20.3 Å². The summed E-state index contributed by atoms with van der Waals surface area (Å²) in [6.07, 6.45) is -6.01. The quantitative estimate of drug-likeness (QED) is 0.408. The Balaban J connectivity index is 1.37. The van der Waals surface area contributed by atoms with Gasteiger partial charge in [0.1, 0.15) is 5.82 Å². The molecule has 0 radical (unpaired) electrons. The molecule has 6 rings (SSSR count). The Morgan fingerprint density at radius 3 is 2.17 bits per heavy atom. The van der Waals surface area contributed by atoms with Crippen molar-refractivity contribution in [3.63, 3.8) is 0 Å². The van der Waals surface area contributed by atoms with E-state index in [1.807, 2.05) is 0 Å². The van der Waals surface area contributed by atoms with Crippen LogP contribution in [-0.2, 0) is 30.5 Å². The molecule has 0 spiro atoms. The van der Waals surface area contributed by atoms with Gasteiger partial charge in [0.25, 0.3) is 0 Å². The number of alkyl halides is 6. The fourth-order valence-electron chi connectivity index (χ4n) is 5.63. The predicted molar refractivity (Wildman–Crippen MR) is 111 cm³/mol. The second-order valence-corrected chi connectivity index (χ2v) is 9.64. The van der Waals surface area contributed by atoms with Gasteiger partial charge < -0.3 is 9.09 Å². The maximum absolute atomic E-state index is 13.6. The van der Waals surface area contributed by atoms with Crippen molar-refractivity contribution in [2.45, 2.75) is 74.5 Å². The maximum Gasteiger partial charge on any atom is 0.417 e. The zero-order chi connectivity index (χ0) is 25.1. The second kappa shape index (κ2) is 8.06. The van der Waals surface area contributed by atoms with Gasteiger partial charge in [0.2, 0.25) is 5.89 Å². The molecule has 3 fully saturated rings. The largest absolute Gasteiger partial charge is 0.417 e. The van der Waals surface area contributed by atoms with Crippen LogP contribution in [0.1, 0.15) is 68.0 Å². The van der Waals surface area contributed by atoms with E-state index in [-0.39, 0.29) is 34.5 Å². The first-order valence-electron chi connectivity index (χ1n) is 11.4. The van der Waals surface area contributed by atoms with Crippen LogP contribution in [0, 0.1) is 0 Å². The summed E-state index contributed by atoms with van der Waals surface area (Å²) in [6.45, 7) is 0. The number of rotatable bonds is 5. The molecule has 12 heteroatoms. The van der Waals surface area contributed by atoms with Crippen molar-refractivity contribution < 1.29 is 30.9 Å². The third-order valence-electron chi connectivity index (χ3n) is 7.63. The van der Waals surface area contributed by atoms with Gasteiger partial charge in [0.15, 0.2) is 11.6 Å². The molecule has 3 aliphatic rings. The van der Waals surface area contributed by atoms with Crippen LogP contribution in [-0.4, -0.2) is 31.1 Å². The number of hydrogen-bond donors (Lipinski definition) is 0. The molecule has 3 saturated carbocycles. The van der Waals surface area contributed by atoms with Gasteiger partial charge in [-0.05, 0) is 44.6 Å². The highest BCUT2D eigenvalue weighted by molar-refractivity contribution is 5.61. The minimum atomic E-state index is -4.51. The summed E-state index contributed by atoms with van der Waals surface area (Å²) in [5.74, 6) is 1.24. The summed E-state index contributed by atoms with van der Waals surface area (Å²) in [7, 11) is 1.69. The van der Waals surface area contributed by atoms with Crippen LogP contribution in [0.2, 0.25) is 0 Å². The minimum Gasteiger partial charge on any atom is -0.339 e. The van der Waals surface area contributed by atoms with E-state index in [0.717, 1.165) is 6.07 Å². The molecule has 0 unspecified atom stereocenters. The van der Waals surface area contributed by atoms with E-state index >= 15 is 0 Å². The first kappa shape index (κ1) is 23.8. The lowest BCUT2D eigenvalue weighted by Crippen LogP contribution is -2.48. The Hall–Kier alpha value is -2.92. The summed E-state index contributed by atoms with van der Waals surface area (Å²) < 4.78 is 85.0. The molecule has 0 atom stereocenters. The number of benzene rings is 1. The molecule has 35 heavy (non-hydrogen) atoms. The number of fused-ring (bicyclic) bond motifs is 3. The second-order valence-electron chi connectivity index (χ2n) is 9.64. The Kier molecular flexibility index (Phi) is 5.48. The van der Waals surface area contributed by atoms with Gasteiger partial charge in [-0.15, -0.1) is 10.2 Å².